The number of halogens is 2. The van der Waals surface area contributed by atoms with Crippen LogP contribution in [0, 0.1) is 5.82 Å². The SMILES string of the molecule is COc1cc2c(c(F)c1Cl)N(C)C(=O)CO2. The molecule has 0 unspecified atom stereocenters. The first-order valence-corrected chi connectivity index (χ1v) is 4.89. The van der Waals surface area contributed by atoms with Gasteiger partial charge in [0.2, 0.25) is 0 Å². The number of benzene rings is 1. The van der Waals surface area contributed by atoms with Crippen molar-refractivity contribution in [1.29, 1.82) is 0 Å². The van der Waals surface area contributed by atoms with Crippen LogP contribution in [0.25, 0.3) is 0 Å². The minimum absolute atomic E-state index is 0.0436. The molecule has 0 radical (unpaired) electrons. The van der Waals surface area contributed by atoms with Crippen molar-refractivity contribution in [1.82, 2.24) is 0 Å². The molecule has 2 rings (SSSR count). The van der Waals surface area contributed by atoms with E-state index < -0.39 is 5.82 Å². The van der Waals surface area contributed by atoms with Crippen molar-refractivity contribution in [2.75, 3.05) is 25.7 Å². The Labute approximate surface area is 96.5 Å². The number of nitrogens with zero attached hydrogens (tertiary/aromatic N) is 1. The zero-order chi connectivity index (χ0) is 11.9. The molecule has 1 heterocycles. The second kappa shape index (κ2) is 3.83. The number of fused-ring (bicyclic) bond motifs is 1. The summed E-state index contributed by atoms with van der Waals surface area (Å²) < 4.78 is 23.9. The molecular formula is C10H9ClFNO3. The average Bonchev–Trinajstić information content (AvgIpc) is 2.28. The van der Waals surface area contributed by atoms with Gasteiger partial charge in [-0.25, -0.2) is 4.39 Å². The third-order valence-corrected chi connectivity index (χ3v) is 2.75. The Morgan fingerprint density at radius 2 is 2.31 bits per heavy atom. The molecule has 1 aromatic rings. The van der Waals surface area contributed by atoms with E-state index in [1.165, 1.54) is 25.1 Å². The highest BCUT2D eigenvalue weighted by Crippen LogP contribution is 2.42. The predicted molar refractivity (Wildman–Crippen MR) is 56.9 cm³/mol. The van der Waals surface area contributed by atoms with E-state index >= 15 is 0 Å². The molecule has 0 spiro atoms. The molecule has 6 heteroatoms. The van der Waals surface area contributed by atoms with Gasteiger partial charge in [-0.3, -0.25) is 4.79 Å². The topological polar surface area (TPSA) is 38.8 Å². The molecule has 0 aliphatic carbocycles. The lowest BCUT2D eigenvalue weighted by atomic mass is 10.2. The van der Waals surface area contributed by atoms with Crippen molar-refractivity contribution in [2.45, 2.75) is 0 Å². The maximum atomic E-state index is 13.9. The van der Waals surface area contributed by atoms with Gasteiger partial charge in [-0.05, 0) is 0 Å². The summed E-state index contributed by atoms with van der Waals surface area (Å²) in [6, 6.07) is 1.46. The zero-order valence-corrected chi connectivity index (χ0v) is 9.47. The zero-order valence-electron chi connectivity index (χ0n) is 8.71. The molecule has 0 bridgehead atoms. The number of hydrogen-bond acceptors (Lipinski definition) is 3. The number of carbonyl (C=O) groups excluding carboxylic acids is 1. The fourth-order valence-electron chi connectivity index (χ4n) is 1.50. The molecular weight excluding hydrogens is 237 g/mol. The van der Waals surface area contributed by atoms with E-state index in [9.17, 15) is 9.18 Å². The van der Waals surface area contributed by atoms with Gasteiger partial charge in [0, 0.05) is 13.1 Å². The van der Waals surface area contributed by atoms with Gasteiger partial charge >= 0.3 is 0 Å². The molecule has 1 aliphatic rings. The minimum Gasteiger partial charge on any atom is -0.495 e. The second-order valence-corrected chi connectivity index (χ2v) is 3.67. The largest absolute Gasteiger partial charge is 0.495 e. The average molecular weight is 246 g/mol. The highest BCUT2D eigenvalue weighted by Gasteiger charge is 2.29. The Morgan fingerprint density at radius 1 is 1.62 bits per heavy atom. The van der Waals surface area contributed by atoms with Gasteiger partial charge in [0.05, 0.1) is 7.11 Å². The number of hydrogen-bond donors (Lipinski definition) is 0. The number of methoxy groups -OCH3 is 1. The predicted octanol–water partition coefficient (Wildman–Crippen LogP) is 1.84. The van der Waals surface area contributed by atoms with E-state index in [0.29, 0.717) is 0 Å². The molecule has 1 aliphatic heterocycles. The van der Waals surface area contributed by atoms with Crippen molar-refractivity contribution >= 4 is 23.2 Å². The van der Waals surface area contributed by atoms with E-state index in [0.717, 1.165) is 0 Å². The summed E-state index contributed by atoms with van der Waals surface area (Å²) >= 11 is 5.75. The van der Waals surface area contributed by atoms with E-state index in [2.05, 4.69) is 0 Å². The van der Waals surface area contributed by atoms with Gasteiger partial charge in [-0.15, -0.1) is 0 Å². The number of ether oxygens (including phenoxy) is 2. The Hall–Kier alpha value is -1.49. The molecule has 0 atom stereocenters. The first-order chi connectivity index (χ1) is 7.56. The van der Waals surface area contributed by atoms with E-state index in [4.69, 9.17) is 21.1 Å². The fourth-order valence-corrected chi connectivity index (χ4v) is 1.72. The van der Waals surface area contributed by atoms with Crippen LogP contribution in [0.1, 0.15) is 0 Å². The fraction of sp³-hybridized carbons (Fsp3) is 0.300. The van der Waals surface area contributed by atoms with Crippen molar-refractivity contribution in [3.05, 3.63) is 16.9 Å². The third-order valence-electron chi connectivity index (χ3n) is 2.39. The van der Waals surface area contributed by atoms with Crippen LogP contribution >= 0.6 is 11.6 Å². The van der Waals surface area contributed by atoms with Gasteiger partial charge in [0.15, 0.2) is 18.2 Å². The lowest BCUT2D eigenvalue weighted by Crippen LogP contribution is -2.36. The van der Waals surface area contributed by atoms with Gasteiger partial charge in [-0.1, -0.05) is 11.6 Å². The highest BCUT2D eigenvalue weighted by atomic mass is 35.5. The standard InChI is InChI=1S/C10H9ClFNO3/c1-13-7(14)4-16-6-3-5(15-2)8(11)9(12)10(6)13/h3H,4H2,1-2H3. The van der Waals surface area contributed by atoms with Crippen LogP contribution in [0.4, 0.5) is 10.1 Å². The van der Waals surface area contributed by atoms with Crippen LogP contribution < -0.4 is 14.4 Å². The molecule has 1 amide bonds. The quantitative estimate of drug-likeness (QED) is 0.758. The maximum Gasteiger partial charge on any atom is 0.264 e. The van der Waals surface area contributed by atoms with Crippen LogP contribution in [0.5, 0.6) is 11.5 Å². The van der Waals surface area contributed by atoms with Gasteiger partial charge in [0.1, 0.15) is 16.5 Å². The molecule has 0 aromatic heterocycles. The van der Waals surface area contributed by atoms with Gasteiger partial charge < -0.3 is 14.4 Å². The first-order valence-electron chi connectivity index (χ1n) is 4.51. The monoisotopic (exact) mass is 245 g/mol. The summed E-state index contributed by atoms with van der Waals surface area (Å²) in [7, 11) is 2.85. The number of amides is 1. The number of anilines is 1. The highest BCUT2D eigenvalue weighted by molar-refractivity contribution is 6.32. The molecule has 86 valence electrons. The molecule has 0 N–H and O–H groups in total. The van der Waals surface area contributed by atoms with Crippen molar-refractivity contribution in [2.24, 2.45) is 0 Å². The first kappa shape index (κ1) is 11.0. The van der Waals surface area contributed by atoms with Crippen LogP contribution in [0.2, 0.25) is 5.02 Å². The smallest absolute Gasteiger partial charge is 0.264 e. The van der Waals surface area contributed by atoms with Crippen LogP contribution in [0.3, 0.4) is 0 Å². The molecule has 4 nitrogen and oxygen atoms in total. The summed E-state index contributed by atoms with van der Waals surface area (Å²) in [5.74, 6) is -0.610. The van der Waals surface area contributed by atoms with E-state index in [1.54, 1.807) is 0 Å². The summed E-state index contributed by atoms with van der Waals surface area (Å²) in [4.78, 5) is 12.5. The minimum atomic E-state index is -0.716. The van der Waals surface area contributed by atoms with Crippen LogP contribution in [0.15, 0.2) is 6.07 Å². The normalized spacial score (nSPS) is 14.5. The lowest BCUT2D eigenvalue weighted by molar-refractivity contribution is -0.121. The molecule has 16 heavy (non-hydrogen) atoms. The Balaban J connectivity index is 2.64. The van der Waals surface area contributed by atoms with Gasteiger partial charge in [0.25, 0.3) is 5.91 Å². The molecule has 0 saturated heterocycles. The Kier molecular flexibility index (Phi) is 2.63. The number of rotatable bonds is 1. The van der Waals surface area contributed by atoms with Crippen molar-refractivity contribution < 1.29 is 18.7 Å². The van der Waals surface area contributed by atoms with E-state index in [1.807, 2.05) is 0 Å². The maximum absolute atomic E-state index is 13.9. The Bertz CT molecular complexity index is 464. The second-order valence-electron chi connectivity index (χ2n) is 3.29. The van der Waals surface area contributed by atoms with Crippen LogP contribution in [-0.4, -0.2) is 26.7 Å². The third kappa shape index (κ3) is 1.48. The summed E-state index contributed by atoms with van der Waals surface area (Å²) in [6.45, 7) is -0.117. The van der Waals surface area contributed by atoms with Gasteiger partial charge in [-0.2, -0.15) is 0 Å². The van der Waals surface area contributed by atoms with E-state index in [-0.39, 0.29) is 34.7 Å². The molecule has 1 aromatic carbocycles. The lowest BCUT2D eigenvalue weighted by Gasteiger charge is -2.27. The number of carbonyl (C=O) groups is 1. The van der Waals surface area contributed by atoms with Crippen LogP contribution in [-0.2, 0) is 4.79 Å². The molecule has 0 fully saturated rings. The van der Waals surface area contributed by atoms with Crippen molar-refractivity contribution in [3.63, 3.8) is 0 Å². The summed E-state index contributed by atoms with van der Waals surface area (Å²) in [6.07, 6.45) is 0. The summed E-state index contributed by atoms with van der Waals surface area (Å²) in [5, 5.41) is -0.161. The number of likely N-dealkylation sites (N-methyl/N-ethyl adjacent to an activating group) is 1. The molecule has 0 saturated carbocycles. The van der Waals surface area contributed by atoms with Crippen molar-refractivity contribution in [3.8, 4) is 11.5 Å². The Morgan fingerprint density at radius 3 is 2.94 bits per heavy atom. The summed E-state index contributed by atoms with van der Waals surface area (Å²) in [5.41, 5.74) is 0.0436.